The van der Waals surface area contributed by atoms with Crippen LogP contribution in [0.1, 0.15) is 40.8 Å². The second-order valence-electron chi connectivity index (χ2n) is 12.7. The molecule has 4 aromatic carbocycles. The highest BCUT2D eigenvalue weighted by Crippen LogP contribution is 2.28. The summed E-state index contributed by atoms with van der Waals surface area (Å²) < 4.78 is 14.1. The molecule has 9 heteroatoms. The summed E-state index contributed by atoms with van der Waals surface area (Å²) >= 11 is 6.13. The molecule has 250 valence electrons. The van der Waals surface area contributed by atoms with Gasteiger partial charge in [0.1, 0.15) is 11.9 Å². The molecule has 0 bridgehead atoms. The molecule has 2 aliphatic heterocycles. The zero-order chi connectivity index (χ0) is 33.5. The number of halogens is 2. The Morgan fingerprint density at radius 2 is 1.58 bits per heavy atom. The van der Waals surface area contributed by atoms with E-state index in [-0.39, 0.29) is 23.7 Å². The summed E-state index contributed by atoms with van der Waals surface area (Å²) in [6.07, 6.45) is 1.57. The van der Waals surface area contributed by atoms with Crippen LogP contribution in [0.4, 0.5) is 10.1 Å². The summed E-state index contributed by atoms with van der Waals surface area (Å²) in [5.41, 5.74) is 6.29. The first kappa shape index (κ1) is 33.7. The van der Waals surface area contributed by atoms with E-state index in [1.54, 1.807) is 6.07 Å². The van der Waals surface area contributed by atoms with Crippen LogP contribution in [-0.4, -0.2) is 61.5 Å². The van der Waals surface area contributed by atoms with Gasteiger partial charge in [-0.15, -0.1) is 0 Å². The third-order valence-electron chi connectivity index (χ3n) is 9.50. The quantitative estimate of drug-likeness (QED) is 0.198. The standard InChI is InChI=1S/C39H43ClFN5O2/c1-27(42-19-18-29-8-4-6-12-34(29)41)33-11-5-7-13-37(33)45-20-22-46(23-21-45)39(48)36(24-28-14-16-32(40)17-15-28)44-38(47)35-25-30-9-2-3-10-31(30)26-43-35/h2-17,27,35-36,42-43H,18-26H2,1H3,(H,44,47)/t27?,35-,36-/m1/s1. The summed E-state index contributed by atoms with van der Waals surface area (Å²) in [6, 6.07) is 29.8. The molecular formula is C39H43ClFN5O2. The Morgan fingerprint density at radius 1 is 0.896 bits per heavy atom. The number of fused-ring (bicyclic) bond motifs is 1. The highest BCUT2D eigenvalue weighted by atomic mass is 35.5. The molecule has 7 nitrogen and oxygen atoms in total. The second-order valence-corrected chi connectivity index (χ2v) is 13.1. The van der Waals surface area contributed by atoms with Gasteiger partial charge in [-0.05, 0) is 78.4 Å². The number of anilines is 1. The van der Waals surface area contributed by atoms with E-state index >= 15 is 0 Å². The van der Waals surface area contributed by atoms with Crippen LogP contribution in [0.25, 0.3) is 0 Å². The first-order valence-electron chi connectivity index (χ1n) is 16.8. The maximum Gasteiger partial charge on any atom is 0.245 e. The summed E-state index contributed by atoms with van der Waals surface area (Å²) in [5.74, 6) is -0.419. The predicted octanol–water partition coefficient (Wildman–Crippen LogP) is 5.46. The van der Waals surface area contributed by atoms with Gasteiger partial charge in [-0.25, -0.2) is 4.39 Å². The first-order valence-corrected chi connectivity index (χ1v) is 17.2. The van der Waals surface area contributed by atoms with Crippen molar-refractivity contribution in [3.63, 3.8) is 0 Å². The fourth-order valence-electron chi connectivity index (χ4n) is 6.73. The Balaban J connectivity index is 1.09. The first-order chi connectivity index (χ1) is 23.4. The van der Waals surface area contributed by atoms with Crippen LogP contribution in [0.15, 0.2) is 97.1 Å². The summed E-state index contributed by atoms with van der Waals surface area (Å²) in [5, 5.41) is 10.6. The zero-order valence-corrected chi connectivity index (χ0v) is 28.1. The summed E-state index contributed by atoms with van der Waals surface area (Å²) in [4.78, 5) is 31.8. The highest BCUT2D eigenvalue weighted by Gasteiger charge is 2.32. The minimum Gasteiger partial charge on any atom is -0.368 e. The van der Waals surface area contributed by atoms with Gasteiger partial charge in [0.25, 0.3) is 0 Å². The smallest absolute Gasteiger partial charge is 0.245 e. The van der Waals surface area contributed by atoms with Gasteiger partial charge in [-0.2, -0.15) is 0 Å². The van der Waals surface area contributed by atoms with Crippen molar-refractivity contribution in [3.05, 3.63) is 136 Å². The van der Waals surface area contributed by atoms with E-state index in [9.17, 15) is 14.0 Å². The fraction of sp³-hybridized carbons (Fsp3) is 0.333. The van der Waals surface area contributed by atoms with Crippen molar-refractivity contribution in [1.29, 1.82) is 0 Å². The highest BCUT2D eigenvalue weighted by molar-refractivity contribution is 6.30. The number of nitrogens with one attached hydrogen (secondary N) is 3. The number of benzene rings is 4. The third-order valence-corrected chi connectivity index (χ3v) is 9.76. The van der Waals surface area contributed by atoms with Gasteiger partial charge in [0, 0.05) is 55.9 Å². The van der Waals surface area contributed by atoms with Gasteiger partial charge in [0.2, 0.25) is 11.8 Å². The number of amides is 2. The van der Waals surface area contributed by atoms with Crippen LogP contribution in [0, 0.1) is 5.82 Å². The van der Waals surface area contributed by atoms with Crippen molar-refractivity contribution in [2.75, 3.05) is 37.6 Å². The Morgan fingerprint density at radius 3 is 2.35 bits per heavy atom. The van der Waals surface area contributed by atoms with Gasteiger partial charge < -0.3 is 25.8 Å². The van der Waals surface area contributed by atoms with Crippen molar-refractivity contribution in [1.82, 2.24) is 20.9 Å². The van der Waals surface area contributed by atoms with Crippen molar-refractivity contribution in [3.8, 4) is 0 Å². The molecule has 1 unspecified atom stereocenters. The molecular weight excluding hydrogens is 625 g/mol. The molecule has 1 fully saturated rings. The van der Waals surface area contributed by atoms with Crippen molar-refractivity contribution < 1.29 is 14.0 Å². The number of carbonyl (C=O) groups is 2. The normalized spacial score (nSPS) is 17.4. The lowest BCUT2D eigenvalue weighted by Gasteiger charge is -2.39. The lowest BCUT2D eigenvalue weighted by Crippen LogP contribution is -2.58. The van der Waals surface area contributed by atoms with Crippen LogP contribution in [0.3, 0.4) is 0 Å². The Labute approximate surface area is 287 Å². The second kappa shape index (κ2) is 15.8. The minimum atomic E-state index is -0.699. The number of nitrogens with zero attached hydrogens (tertiary/aromatic N) is 2. The molecule has 0 aliphatic carbocycles. The monoisotopic (exact) mass is 667 g/mol. The number of rotatable bonds is 11. The van der Waals surface area contributed by atoms with Gasteiger partial charge >= 0.3 is 0 Å². The molecule has 0 radical (unpaired) electrons. The average Bonchev–Trinajstić information content (AvgIpc) is 3.12. The minimum absolute atomic E-state index is 0.0620. The summed E-state index contributed by atoms with van der Waals surface area (Å²) in [7, 11) is 0. The lowest BCUT2D eigenvalue weighted by atomic mass is 9.95. The molecule has 48 heavy (non-hydrogen) atoms. The summed E-state index contributed by atoms with van der Waals surface area (Å²) in [6.45, 7) is 5.84. The Hall–Kier alpha value is -4.24. The SMILES string of the molecule is CC(NCCc1ccccc1F)c1ccccc1N1CCN(C(=O)[C@@H](Cc2ccc(Cl)cc2)NC(=O)[C@H]2Cc3ccccc3CN2)CC1. The molecule has 0 spiro atoms. The molecule has 2 aliphatic rings. The topological polar surface area (TPSA) is 76.7 Å². The number of piperazine rings is 1. The number of hydrogen-bond donors (Lipinski definition) is 3. The predicted molar refractivity (Wildman–Crippen MR) is 190 cm³/mol. The molecule has 1 saturated heterocycles. The van der Waals surface area contributed by atoms with Crippen LogP contribution in [0.5, 0.6) is 0 Å². The largest absolute Gasteiger partial charge is 0.368 e. The number of carbonyl (C=O) groups excluding carboxylic acids is 2. The van der Waals surface area contributed by atoms with Gasteiger partial charge in [-0.1, -0.05) is 84.4 Å². The zero-order valence-electron chi connectivity index (χ0n) is 27.3. The lowest BCUT2D eigenvalue weighted by molar-refractivity contribution is -0.137. The van der Waals surface area contributed by atoms with Gasteiger partial charge in [-0.3, -0.25) is 9.59 Å². The van der Waals surface area contributed by atoms with E-state index in [1.807, 2.05) is 65.6 Å². The Bertz CT molecular complexity index is 1710. The van der Waals surface area contributed by atoms with Crippen molar-refractivity contribution in [2.45, 2.75) is 50.9 Å². The fourth-order valence-corrected chi connectivity index (χ4v) is 6.86. The molecule has 0 aromatic heterocycles. The molecule has 4 aromatic rings. The van der Waals surface area contributed by atoms with Crippen LogP contribution >= 0.6 is 11.6 Å². The van der Waals surface area contributed by atoms with Gasteiger partial charge in [0.05, 0.1) is 6.04 Å². The maximum absolute atomic E-state index is 14.1. The van der Waals surface area contributed by atoms with E-state index in [0.717, 1.165) is 16.8 Å². The maximum atomic E-state index is 14.1. The van der Waals surface area contributed by atoms with E-state index < -0.39 is 12.1 Å². The van der Waals surface area contributed by atoms with Crippen molar-refractivity contribution >= 4 is 29.1 Å². The molecule has 2 amide bonds. The Kier molecular flexibility index (Phi) is 11.1. The molecule has 0 saturated carbocycles. The number of para-hydroxylation sites is 1. The van der Waals surface area contributed by atoms with E-state index in [0.29, 0.717) is 69.1 Å². The average molecular weight is 668 g/mol. The van der Waals surface area contributed by atoms with Crippen LogP contribution < -0.4 is 20.9 Å². The molecule has 3 atom stereocenters. The number of hydrogen-bond acceptors (Lipinski definition) is 5. The van der Waals surface area contributed by atoms with Crippen molar-refractivity contribution in [2.24, 2.45) is 0 Å². The van der Waals surface area contributed by atoms with Gasteiger partial charge in [0.15, 0.2) is 0 Å². The molecule has 6 rings (SSSR count). The van der Waals surface area contributed by atoms with E-state index in [4.69, 9.17) is 11.6 Å². The van der Waals surface area contributed by atoms with Crippen LogP contribution in [0.2, 0.25) is 5.02 Å². The van der Waals surface area contributed by atoms with E-state index in [2.05, 4.69) is 52.0 Å². The third kappa shape index (κ3) is 8.24. The van der Waals surface area contributed by atoms with Crippen LogP contribution in [-0.2, 0) is 35.4 Å². The van der Waals surface area contributed by atoms with E-state index in [1.165, 1.54) is 17.2 Å². The molecule has 3 N–H and O–H groups in total. The molecule has 2 heterocycles.